The van der Waals surface area contributed by atoms with Gasteiger partial charge in [-0.1, -0.05) is 43.2 Å². The first-order chi connectivity index (χ1) is 16.1. The lowest BCUT2D eigenvalue weighted by atomic mass is 9.83. The zero-order chi connectivity index (χ0) is 22.5. The fraction of sp³-hybridized carbons (Fsp3) is 0.393. The van der Waals surface area contributed by atoms with Crippen LogP contribution in [-0.4, -0.2) is 17.2 Å². The van der Waals surface area contributed by atoms with E-state index in [1.807, 2.05) is 12.3 Å². The fourth-order valence-electron chi connectivity index (χ4n) is 5.97. The molecule has 5 nitrogen and oxygen atoms in total. The zero-order valence-electron chi connectivity index (χ0n) is 19.2. The molecule has 0 aromatic carbocycles. The lowest BCUT2D eigenvalue weighted by Crippen LogP contribution is -2.45. The second kappa shape index (κ2) is 8.07. The minimum atomic E-state index is -0.0752. The van der Waals surface area contributed by atoms with Crippen LogP contribution in [0.4, 0.5) is 0 Å². The summed E-state index contributed by atoms with van der Waals surface area (Å²) in [7, 11) is 0. The molecule has 1 saturated heterocycles. The molecule has 1 N–H and O–H groups in total. The van der Waals surface area contributed by atoms with Crippen LogP contribution in [0.2, 0.25) is 0 Å². The quantitative estimate of drug-likeness (QED) is 0.586. The van der Waals surface area contributed by atoms with Crippen LogP contribution in [-0.2, 0) is 12.8 Å². The highest BCUT2D eigenvalue weighted by atomic mass is 16.5. The number of ether oxygens (including phenoxy) is 1. The number of aromatic nitrogens is 2. The highest BCUT2D eigenvalue weighted by Gasteiger charge is 2.34. The van der Waals surface area contributed by atoms with Crippen molar-refractivity contribution in [2.75, 3.05) is 6.61 Å². The molecule has 4 heterocycles. The average Bonchev–Trinajstić information content (AvgIpc) is 3.09. The number of nitrogens with one attached hydrogen (secondary N) is 1. The van der Waals surface area contributed by atoms with Crippen molar-refractivity contribution in [1.82, 2.24) is 9.88 Å². The first kappa shape index (κ1) is 20.5. The van der Waals surface area contributed by atoms with Crippen molar-refractivity contribution in [3.8, 4) is 5.75 Å². The molecular weight excluding hydrogens is 410 g/mol. The molecule has 4 aliphatic rings. The van der Waals surface area contributed by atoms with Crippen LogP contribution in [0.25, 0.3) is 11.8 Å². The van der Waals surface area contributed by atoms with Crippen molar-refractivity contribution in [2.45, 2.75) is 57.5 Å². The van der Waals surface area contributed by atoms with Gasteiger partial charge in [0.15, 0.2) is 0 Å². The van der Waals surface area contributed by atoms with Gasteiger partial charge in [-0.25, -0.2) is 0 Å². The Labute approximate surface area is 194 Å². The predicted molar refractivity (Wildman–Crippen MR) is 129 cm³/mol. The van der Waals surface area contributed by atoms with Gasteiger partial charge in [-0.2, -0.15) is 0 Å². The van der Waals surface area contributed by atoms with Gasteiger partial charge in [-0.15, -0.1) is 0 Å². The van der Waals surface area contributed by atoms with Crippen molar-refractivity contribution in [1.29, 1.82) is 0 Å². The number of hydrogen-bond acceptors (Lipinski definition) is 3. The number of piperidine rings is 1. The Bertz CT molecular complexity index is 1370. The van der Waals surface area contributed by atoms with E-state index >= 15 is 0 Å². The second-order valence-electron chi connectivity index (χ2n) is 9.93. The Balaban J connectivity index is 1.27. The summed E-state index contributed by atoms with van der Waals surface area (Å²) >= 11 is 0. The van der Waals surface area contributed by atoms with Gasteiger partial charge in [0.25, 0.3) is 5.56 Å². The van der Waals surface area contributed by atoms with Crippen molar-refractivity contribution >= 4 is 11.8 Å². The SMILES string of the molecule is C=[n+]1c2c(c3[c-]1CC1CCCC3N1)CC=C(n1ccc(OCC3=CC=CC(C)C3)cc1=O)C=2. The summed E-state index contributed by atoms with van der Waals surface area (Å²) in [5, 5.41) is 4.96. The number of pyridine rings is 1. The van der Waals surface area contributed by atoms with E-state index in [9.17, 15) is 4.79 Å². The third kappa shape index (κ3) is 3.65. The molecular formula is C28H31N3O2. The summed E-state index contributed by atoms with van der Waals surface area (Å²) in [6, 6.07) is 4.49. The van der Waals surface area contributed by atoms with Crippen LogP contribution in [0, 0.1) is 12.6 Å². The lowest BCUT2D eigenvalue weighted by molar-refractivity contribution is -0.520. The van der Waals surface area contributed by atoms with Crippen molar-refractivity contribution in [2.24, 2.45) is 5.92 Å². The molecule has 33 heavy (non-hydrogen) atoms. The van der Waals surface area contributed by atoms with Gasteiger partial charge in [0.2, 0.25) is 0 Å². The molecule has 1 fully saturated rings. The first-order valence-electron chi connectivity index (χ1n) is 12.2. The van der Waals surface area contributed by atoms with E-state index in [-0.39, 0.29) is 5.56 Å². The summed E-state index contributed by atoms with van der Waals surface area (Å²) < 4.78 is 9.76. The van der Waals surface area contributed by atoms with Gasteiger partial charge in [0.1, 0.15) is 18.1 Å². The molecule has 170 valence electrons. The molecule has 5 heteroatoms. The van der Waals surface area contributed by atoms with Gasteiger partial charge >= 0.3 is 0 Å². The molecule has 2 aliphatic heterocycles. The number of fused-ring (bicyclic) bond motifs is 6. The second-order valence-corrected chi connectivity index (χ2v) is 9.93. The van der Waals surface area contributed by atoms with Crippen LogP contribution < -0.4 is 25.2 Å². The summed E-state index contributed by atoms with van der Waals surface area (Å²) in [5.74, 6) is 1.15. The van der Waals surface area contributed by atoms with E-state index in [2.05, 4.69) is 53.6 Å². The van der Waals surface area contributed by atoms with Gasteiger partial charge in [0, 0.05) is 36.5 Å². The Morgan fingerprint density at radius 2 is 2.27 bits per heavy atom. The first-order valence-corrected chi connectivity index (χ1v) is 12.2. The maximum Gasteiger partial charge on any atom is 0.258 e. The van der Waals surface area contributed by atoms with Crippen molar-refractivity contribution in [3.05, 3.63) is 87.4 Å². The largest absolute Gasteiger partial charge is 0.489 e. The summed E-state index contributed by atoms with van der Waals surface area (Å²) in [6.45, 7) is 7.11. The Kier molecular flexibility index (Phi) is 5.02. The summed E-state index contributed by atoms with van der Waals surface area (Å²) in [5.41, 5.74) is 6.29. The molecule has 0 amide bonds. The number of rotatable bonds is 4. The van der Waals surface area contributed by atoms with Gasteiger partial charge in [-0.3, -0.25) is 13.6 Å². The van der Waals surface area contributed by atoms with Crippen LogP contribution >= 0.6 is 0 Å². The van der Waals surface area contributed by atoms with E-state index in [0.29, 0.717) is 30.4 Å². The molecule has 3 unspecified atom stereocenters. The van der Waals surface area contributed by atoms with Crippen molar-refractivity contribution < 1.29 is 8.98 Å². The van der Waals surface area contributed by atoms with E-state index in [1.54, 1.807) is 10.6 Å². The standard InChI is InChI=1S/C28H31N3O2/c1-18-5-3-6-19(13-18)17-33-22-11-12-31(27(32)16-22)21-9-10-23-25(15-21)30(2)26-14-20-7-4-8-24(29-20)28(23)26/h3,5-6,9,11-12,15-16,18,20,24,29H,2,4,7-8,10,13-14,17H2,1H3. The number of nitrogens with zero attached hydrogens (tertiary/aromatic N) is 2. The highest BCUT2D eigenvalue weighted by Crippen LogP contribution is 2.35. The van der Waals surface area contributed by atoms with E-state index in [1.165, 1.54) is 41.7 Å². The molecule has 0 saturated carbocycles. The third-order valence-electron chi connectivity index (χ3n) is 7.58. The Morgan fingerprint density at radius 1 is 1.36 bits per heavy atom. The fourth-order valence-corrected chi connectivity index (χ4v) is 5.97. The number of hydrogen-bond donors (Lipinski definition) is 1. The normalized spacial score (nSPS) is 25.4. The van der Waals surface area contributed by atoms with E-state index in [0.717, 1.165) is 30.3 Å². The Hall–Kier alpha value is -3.05. The molecule has 6 rings (SSSR count). The Morgan fingerprint density at radius 3 is 3.12 bits per heavy atom. The zero-order valence-corrected chi connectivity index (χ0v) is 19.2. The minimum absolute atomic E-state index is 0.0752. The van der Waals surface area contributed by atoms with Gasteiger partial charge < -0.3 is 10.1 Å². The molecule has 2 aliphatic carbocycles. The molecule has 2 aromatic rings. The topological polar surface area (TPSA) is 49.2 Å². The van der Waals surface area contributed by atoms with Crippen molar-refractivity contribution in [3.63, 3.8) is 0 Å². The van der Waals surface area contributed by atoms with Gasteiger partial charge in [0.05, 0.1) is 12.1 Å². The maximum absolute atomic E-state index is 12.9. The van der Waals surface area contributed by atoms with Crippen LogP contribution in [0.15, 0.2) is 53.0 Å². The summed E-state index contributed by atoms with van der Waals surface area (Å²) in [4.78, 5) is 12.9. The third-order valence-corrected chi connectivity index (χ3v) is 7.58. The van der Waals surface area contributed by atoms with Gasteiger partial charge in [-0.05, 0) is 54.9 Å². The minimum Gasteiger partial charge on any atom is -0.489 e. The molecule has 2 aromatic heterocycles. The monoisotopic (exact) mass is 441 g/mol. The highest BCUT2D eigenvalue weighted by molar-refractivity contribution is 5.78. The smallest absolute Gasteiger partial charge is 0.258 e. The molecule has 0 spiro atoms. The van der Waals surface area contributed by atoms with Crippen LogP contribution in [0.3, 0.4) is 0 Å². The predicted octanol–water partition coefficient (Wildman–Crippen LogP) is 3.01. The summed E-state index contributed by atoms with van der Waals surface area (Å²) in [6.07, 6.45) is 19.1. The molecule has 0 radical (unpaired) electrons. The van der Waals surface area contributed by atoms with E-state index in [4.69, 9.17) is 4.74 Å². The number of allylic oxidation sites excluding steroid dienone is 5. The lowest BCUT2D eigenvalue weighted by Gasteiger charge is -2.37. The maximum atomic E-state index is 12.9. The van der Waals surface area contributed by atoms with E-state index < -0.39 is 0 Å². The van der Waals surface area contributed by atoms with Crippen LogP contribution in [0.1, 0.15) is 55.5 Å². The molecule has 2 bridgehead atoms. The van der Waals surface area contributed by atoms with Crippen LogP contribution in [0.5, 0.6) is 5.75 Å². The average molecular weight is 442 g/mol. The molecule has 3 atom stereocenters.